The van der Waals surface area contributed by atoms with E-state index < -0.39 is 5.97 Å². The number of Topliss-reactive ketones (excluding diaryl/α,β-unsaturated/α-hetero) is 1. The Morgan fingerprint density at radius 3 is 2.46 bits per heavy atom. The number of aliphatic carboxylic acids is 1. The minimum Gasteiger partial charge on any atom is -0.481 e. The van der Waals surface area contributed by atoms with Crippen LogP contribution in [-0.2, 0) is 9.59 Å². The van der Waals surface area contributed by atoms with Crippen molar-refractivity contribution >= 4 is 11.8 Å². The zero-order chi connectivity index (χ0) is 10.3. The molecule has 0 heterocycles. The molecule has 3 nitrogen and oxygen atoms in total. The van der Waals surface area contributed by atoms with Gasteiger partial charge in [-0.15, -0.1) is 12.3 Å². The van der Waals surface area contributed by atoms with Crippen LogP contribution in [0.5, 0.6) is 0 Å². The van der Waals surface area contributed by atoms with Crippen LogP contribution in [0.25, 0.3) is 0 Å². The topological polar surface area (TPSA) is 54.4 Å². The third kappa shape index (κ3) is 5.02. The predicted octanol–water partition coefficient (Wildman–Crippen LogP) is 1.47. The molecule has 1 N–H and O–H groups in total. The van der Waals surface area contributed by atoms with E-state index >= 15 is 0 Å². The summed E-state index contributed by atoms with van der Waals surface area (Å²) in [5, 5.41) is 8.35. The highest BCUT2D eigenvalue weighted by atomic mass is 16.4. The van der Waals surface area contributed by atoms with Gasteiger partial charge >= 0.3 is 5.97 Å². The Morgan fingerprint density at radius 1 is 1.46 bits per heavy atom. The molecular formula is C10H14O3. The van der Waals surface area contributed by atoms with Gasteiger partial charge in [-0.3, -0.25) is 9.59 Å². The maximum absolute atomic E-state index is 11.3. The number of ketones is 1. The first-order chi connectivity index (χ1) is 6.11. The third-order valence-electron chi connectivity index (χ3n) is 1.90. The van der Waals surface area contributed by atoms with Gasteiger partial charge in [-0.25, -0.2) is 0 Å². The quantitative estimate of drug-likeness (QED) is 0.633. The van der Waals surface area contributed by atoms with E-state index in [2.05, 4.69) is 5.92 Å². The first-order valence-corrected chi connectivity index (χ1v) is 4.29. The van der Waals surface area contributed by atoms with Crippen molar-refractivity contribution in [3.63, 3.8) is 0 Å². The Bertz CT molecular complexity index is 225. The molecule has 0 rings (SSSR count). The SMILES string of the molecule is C#CCC(CC)C(=O)CCC(=O)O. The van der Waals surface area contributed by atoms with Crippen molar-refractivity contribution in [2.75, 3.05) is 0 Å². The fourth-order valence-corrected chi connectivity index (χ4v) is 1.06. The molecule has 13 heavy (non-hydrogen) atoms. The summed E-state index contributed by atoms with van der Waals surface area (Å²) in [7, 11) is 0. The molecule has 0 amide bonds. The van der Waals surface area contributed by atoms with Crippen molar-refractivity contribution in [1.82, 2.24) is 0 Å². The van der Waals surface area contributed by atoms with E-state index in [1.165, 1.54) is 0 Å². The van der Waals surface area contributed by atoms with E-state index in [0.717, 1.165) is 0 Å². The molecule has 0 aliphatic rings. The fraction of sp³-hybridized carbons (Fsp3) is 0.600. The van der Waals surface area contributed by atoms with Gasteiger partial charge in [0.05, 0.1) is 6.42 Å². The summed E-state index contributed by atoms with van der Waals surface area (Å²) in [5.41, 5.74) is 0. The molecular weight excluding hydrogens is 168 g/mol. The highest BCUT2D eigenvalue weighted by molar-refractivity contribution is 5.84. The minimum atomic E-state index is -0.941. The Morgan fingerprint density at radius 2 is 2.08 bits per heavy atom. The number of carbonyl (C=O) groups excluding carboxylic acids is 1. The molecule has 0 saturated carbocycles. The maximum Gasteiger partial charge on any atom is 0.303 e. The van der Waals surface area contributed by atoms with Crippen LogP contribution < -0.4 is 0 Å². The molecule has 1 atom stereocenters. The molecule has 0 aliphatic carbocycles. The van der Waals surface area contributed by atoms with Crippen molar-refractivity contribution in [1.29, 1.82) is 0 Å². The van der Waals surface area contributed by atoms with Crippen molar-refractivity contribution in [3.05, 3.63) is 0 Å². The van der Waals surface area contributed by atoms with Gasteiger partial charge in [-0.1, -0.05) is 6.92 Å². The molecule has 0 aromatic rings. The second-order valence-corrected chi connectivity index (χ2v) is 2.87. The molecule has 0 bridgehead atoms. The monoisotopic (exact) mass is 182 g/mol. The smallest absolute Gasteiger partial charge is 0.303 e. The van der Waals surface area contributed by atoms with Crippen molar-refractivity contribution in [2.45, 2.75) is 32.6 Å². The highest BCUT2D eigenvalue weighted by Gasteiger charge is 2.15. The zero-order valence-corrected chi connectivity index (χ0v) is 7.75. The zero-order valence-electron chi connectivity index (χ0n) is 7.75. The van der Waals surface area contributed by atoms with Gasteiger partial charge in [0.1, 0.15) is 5.78 Å². The van der Waals surface area contributed by atoms with Crippen LogP contribution in [-0.4, -0.2) is 16.9 Å². The second kappa shape index (κ2) is 6.24. The summed E-state index contributed by atoms with van der Waals surface area (Å²) >= 11 is 0. The lowest BCUT2D eigenvalue weighted by molar-refractivity contribution is -0.139. The lowest BCUT2D eigenvalue weighted by atomic mass is 9.95. The number of carbonyl (C=O) groups is 2. The Kier molecular flexibility index (Phi) is 5.62. The normalized spacial score (nSPS) is 11.7. The molecule has 0 spiro atoms. The Labute approximate surface area is 78.1 Å². The molecule has 0 saturated heterocycles. The number of carboxylic acid groups (broad SMARTS) is 1. The molecule has 0 aromatic carbocycles. The lowest BCUT2D eigenvalue weighted by Gasteiger charge is -2.08. The van der Waals surface area contributed by atoms with Gasteiger partial charge in [0.15, 0.2) is 0 Å². The Hall–Kier alpha value is -1.30. The van der Waals surface area contributed by atoms with Crippen molar-refractivity contribution < 1.29 is 14.7 Å². The summed E-state index contributed by atoms with van der Waals surface area (Å²) in [6.45, 7) is 1.88. The van der Waals surface area contributed by atoms with Crippen LogP contribution >= 0.6 is 0 Å². The van der Waals surface area contributed by atoms with Gasteiger partial charge in [0, 0.05) is 18.8 Å². The van der Waals surface area contributed by atoms with Gasteiger partial charge < -0.3 is 5.11 Å². The predicted molar refractivity (Wildman–Crippen MR) is 49.1 cm³/mol. The average molecular weight is 182 g/mol. The molecule has 72 valence electrons. The standard InChI is InChI=1S/C10H14O3/c1-3-5-8(4-2)9(11)6-7-10(12)13/h1,8H,4-7H2,2H3,(H,12,13). The van der Waals surface area contributed by atoms with Crippen LogP contribution in [0.15, 0.2) is 0 Å². The third-order valence-corrected chi connectivity index (χ3v) is 1.90. The van der Waals surface area contributed by atoms with Crippen LogP contribution in [0.4, 0.5) is 0 Å². The van der Waals surface area contributed by atoms with E-state index in [9.17, 15) is 9.59 Å². The molecule has 0 fully saturated rings. The minimum absolute atomic E-state index is 0.0390. The molecule has 3 heteroatoms. The van der Waals surface area contributed by atoms with Gasteiger partial charge in [0.25, 0.3) is 0 Å². The number of hydrogen-bond donors (Lipinski definition) is 1. The van der Waals surface area contributed by atoms with Crippen LogP contribution in [0.3, 0.4) is 0 Å². The van der Waals surface area contributed by atoms with E-state index in [1.807, 2.05) is 6.92 Å². The van der Waals surface area contributed by atoms with Gasteiger partial charge in [-0.2, -0.15) is 0 Å². The molecule has 1 unspecified atom stereocenters. The van der Waals surface area contributed by atoms with Gasteiger partial charge in [0.2, 0.25) is 0 Å². The summed E-state index contributed by atoms with van der Waals surface area (Å²) in [5.74, 6) is 1.28. The molecule has 0 aromatic heterocycles. The van der Waals surface area contributed by atoms with Crippen LogP contribution in [0.2, 0.25) is 0 Å². The largest absolute Gasteiger partial charge is 0.481 e. The number of rotatable bonds is 6. The molecule has 0 radical (unpaired) electrons. The summed E-state index contributed by atoms with van der Waals surface area (Å²) in [4.78, 5) is 21.5. The summed E-state index contributed by atoms with van der Waals surface area (Å²) in [6.07, 6.45) is 6.17. The van der Waals surface area contributed by atoms with E-state index in [1.54, 1.807) is 0 Å². The second-order valence-electron chi connectivity index (χ2n) is 2.87. The highest BCUT2D eigenvalue weighted by Crippen LogP contribution is 2.11. The lowest BCUT2D eigenvalue weighted by Crippen LogP contribution is -2.14. The summed E-state index contributed by atoms with van der Waals surface area (Å²) in [6, 6.07) is 0. The molecule has 0 aliphatic heterocycles. The van der Waals surface area contributed by atoms with E-state index in [4.69, 9.17) is 11.5 Å². The van der Waals surface area contributed by atoms with Crippen LogP contribution in [0.1, 0.15) is 32.6 Å². The van der Waals surface area contributed by atoms with Crippen molar-refractivity contribution in [2.24, 2.45) is 5.92 Å². The maximum atomic E-state index is 11.3. The van der Waals surface area contributed by atoms with Gasteiger partial charge in [-0.05, 0) is 6.42 Å². The van der Waals surface area contributed by atoms with E-state index in [-0.39, 0.29) is 24.5 Å². The fourth-order valence-electron chi connectivity index (χ4n) is 1.06. The number of terminal acetylenes is 1. The Balaban J connectivity index is 3.92. The number of hydrogen-bond acceptors (Lipinski definition) is 2. The number of carboxylic acids is 1. The summed E-state index contributed by atoms with van der Waals surface area (Å²) < 4.78 is 0. The van der Waals surface area contributed by atoms with Crippen LogP contribution in [0, 0.1) is 18.3 Å². The first kappa shape index (κ1) is 11.7. The van der Waals surface area contributed by atoms with Crippen molar-refractivity contribution in [3.8, 4) is 12.3 Å². The first-order valence-electron chi connectivity index (χ1n) is 4.29. The van der Waals surface area contributed by atoms with E-state index in [0.29, 0.717) is 12.8 Å². The average Bonchev–Trinajstić information content (AvgIpc) is 2.10.